The molecule has 0 unspecified atom stereocenters. The molecule has 2 amide bonds. The van der Waals surface area contributed by atoms with Gasteiger partial charge >= 0.3 is 0 Å². The van der Waals surface area contributed by atoms with Gasteiger partial charge in [0.25, 0.3) is 0 Å². The van der Waals surface area contributed by atoms with Crippen molar-refractivity contribution in [3.63, 3.8) is 0 Å². The van der Waals surface area contributed by atoms with Crippen LogP contribution in [0.1, 0.15) is 44.9 Å². The molecule has 0 aromatic heterocycles. The summed E-state index contributed by atoms with van der Waals surface area (Å²) in [6.45, 7) is 0. The molecule has 1 aliphatic carbocycles. The van der Waals surface area contributed by atoms with E-state index in [-0.39, 0.29) is 29.0 Å². The molecular formula is C16H18ClNO3. The lowest BCUT2D eigenvalue weighted by molar-refractivity contribution is -0.126. The van der Waals surface area contributed by atoms with Crippen LogP contribution in [0.4, 0.5) is 5.69 Å². The van der Waals surface area contributed by atoms with Crippen LogP contribution in [0.25, 0.3) is 0 Å². The normalized spacial score (nSPS) is 21.9. The van der Waals surface area contributed by atoms with Crippen molar-refractivity contribution < 1.29 is 14.7 Å². The summed E-state index contributed by atoms with van der Waals surface area (Å²) >= 11 is 5.79. The maximum atomic E-state index is 12.8. The van der Waals surface area contributed by atoms with Gasteiger partial charge in [-0.25, -0.2) is 4.90 Å². The Hall–Kier alpha value is -1.55. The number of phenols is 1. The first kappa shape index (κ1) is 14.4. The molecular weight excluding hydrogens is 290 g/mol. The van der Waals surface area contributed by atoms with Gasteiger partial charge in [-0.05, 0) is 25.0 Å². The molecule has 1 aliphatic heterocycles. The Morgan fingerprint density at radius 3 is 2.38 bits per heavy atom. The standard InChI is InChI=1S/C16H18ClNO3/c17-12-6-5-11(9-13(12)19)18-14(20)10-16(15(18)21)7-3-1-2-4-8-16/h5-6,9,19H,1-4,7-8,10H2. The van der Waals surface area contributed by atoms with Gasteiger partial charge in [-0.15, -0.1) is 0 Å². The van der Waals surface area contributed by atoms with E-state index in [4.69, 9.17) is 11.6 Å². The van der Waals surface area contributed by atoms with Gasteiger partial charge in [0, 0.05) is 12.5 Å². The average Bonchev–Trinajstić information content (AvgIpc) is 2.61. The second-order valence-electron chi connectivity index (χ2n) is 6.04. The highest BCUT2D eigenvalue weighted by molar-refractivity contribution is 6.32. The van der Waals surface area contributed by atoms with Crippen LogP contribution in [0.2, 0.25) is 5.02 Å². The maximum Gasteiger partial charge on any atom is 0.240 e. The molecule has 4 nitrogen and oxygen atoms in total. The Balaban J connectivity index is 1.94. The van der Waals surface area contributed by atoms with Crippen LogP contribution in [-0.2, 0) is 9.59 Å². The Morgan fingerprint density at radius 1 is 1.10 bits per heavy atom. The van der Waals surface area contributed by atoms with E-state index >= 15 is 0 Å². The number of benzene rings is 1. The van der Waals surface area contributed by atoms with E-state index in [0.29, 0.717) is 5.69 Å². The van der Waals surface area contributed by atoms with Crippen molar-refractivity contribution in [2.45, 2.75) is 44.9 Å². The van der Waals surface area contributed by atoms with E-state index in [9.17, 15) is 14.7 Å². The molecule has 0 bridgehead atoms. The molecule has 5 heteroatoms. The number of aromatic hydroxyl groups is 1. The van der Waals surface area contributed by atoms with E-state index in [1.54, 1.807) is 6.07 Å². The van der Waals surface area contributed by atoms with Crippen LogP contribution in [-0.4, -0.2) is 16.9 Å². The summed E-state index contributed by atoms with van der Waals surface area (Å²) in [6, 6.07) is 4.49. The fourth-order valence-electron chi connectivity index (χ4n) is 3.49. The molecule has 3 rings (SSSR count). The van der Waals surface area contributed by atoms with Gasteiger partial charge in [-0.3, -0.25) is 9.59 Å². The zero-order valence-electron chi connectivity index (χ0n) is 11.8. The van der Waals surface area contributed by atoms with E-state index in [0.717, 1.165) is 38.5 Å². The van der Waals surface area contributed by atoms with Crippen LogP contribution in [0, 0.1) is 5.41 Å². The highest BCUT2D eigenvalue weighted by Crippen LogP contribution is 2.46. The molecule has 1 aromatic carbocycles. The van der Waals surface area contributed by atoms with Crippen molar-refractivity contribution in [2.75, 3.05) is 4.90 Å². The lowest BCUT2D eigenvalue weighted by Crippen LogP contribution is -2.35. The van der Waals surface area contributed by atoms with Crippen molar-refractivity contribution in [3.8, 4) is 5.75 Å². The monoisotopic (exact) mass is 307 g/mol. The fourth-order valence-corrected chi connectivity index (χ4v) is 3.61. The number of halogens is 1. The zero-order valence-corrected chi connectivity index (χ0v) is 12.5. The minimum Gasteiger partial charge on any atom is -0.506 e. The predicted octanol–water partition coefficient (Wildman–Crippen LogP) is 3.65. The molecule has 0 radical (unpaired) electrons. The van der Waals surface area contributed by atoms with Gasteiger partial charge in [0.05, 0.1) is 16.1 Å². The van der Waals surface area contributed by atoms with Crippen molar-refractivity contribution >= 4 is 29.1 Å². The highest BCUT2D eigenvalue weighted by Gasteiger charge is 2.51. The molecule has 112 valence electrons. The number of imide groups is 1. The third-order valence-corrected chi connectivity index (χ3v) is 4.96. The van der Waals surface area contributed by atoms with E-state index in [2.05, 4.69) is 0 Å². The second-order valence-corrected chi connectivity index (χ2v) is 6.45. The summed E-state index contributed by atoms with van der Waals surface area (Å²) in [4.78, 5) is 26.4. The molecule has 1 aromatic rings. The Labute approximate surface area is 128 Å². The van der Waals surface area contributed by atoms with Gasteiger partial charge in [0.2, 0.25) is 11.8 Å². The highest BCUT2D eigenvalue weighted by atomic mass is 35.5. The first-order valence-electron chi connectivity index (χ1n) is 7.39. The molecule has 1 spiro atoms. The van der Waals surface area contributed by atoms with E-state index in [1.807, 2.05) is 0 Å². The van der Waals surface area contributed by atoms with Crippen LogP contribution in [0.5, 0.6) is 5.75 Å². The summed E-state index contributed by atoms with van der Waals surface area (Å²) in [5.74, 6) is -0.406. The molecule has 1 saturated heterocycles. The summed E-state index contributed by atoms with van der Waals surface area (Å²) in [7, 11) is 0. The van der Waals surface area contributed by atoms with Crippen LogP contribution < -0.4 is 4.90 Å². The number of anilines is 1. The number of nitrogens with zero attached hydrogens (tertiary/aromatic N) is 1. The van der Waals surface area contributed by atoms with Crippen molar-refractivity contribution in [1.82, 2.24) is 0 Å². The van der Waals surface area contributed by atoms with Crippen molar-refractivity contribution in [3.05, 3.63) is 23.2 Å². The Morgan fingerprint density at radius 2 is 1.76 bits per heavy atom. The SMILES string of the molecule is O=C1CC2(CCCCCC2)C(=O)N1c1ccc(Cl)c(O)c1. The predicted molar refractivity (Wildman–Crippen MR) is 80.4 cm³/mol. The topological polar surface area (TPSA) is 57.6 Å². The summed E-state index contributed by atoms with van der Waals surface area (Å²) in [6.07, 6.45) is 6.11. The zero-order chi connectivity index (χ0) is 15.0. The number of phenolic OH excluding ortho intramolecular Hbond substituents is 1. The number of hydrogen-bond acceptors (Lipinski definition) is 3. The van der Waals surface area contributed by atoms with Gasteiger partial charge in [0.15, 0.2) is 0 Å². The van der Waals surface area contributed by atoms with Gasteiger partial charge < -0.3 is 5.11 Å². The van der Waals surface area contributed by atoms with Crippen molar-refractivity contribution in [2.24, 2.45) is 5.41 Å². The first-order valence-corrected chi connectivity index (χ1v) is 7.77. The first-order chi connectivity index (χ1) is 10.0. The van der Waals surface area contributed by atoms with Gasteiger partial charge in [0.1, 0.15) is 5.75 Å². The second kappa shape index (κ2) is 5.34. The minimum absolute atomic E-state index is 0.114. The summed E-state index contributed by atoms with van der Waals surface area (Å²) in [5, 5.41) is 9.91. The third-order valence-electron chi connectivity index (χ3n) is 4.64. The fraction of sp³-hybridized carbons (Fsp3) is 0.500. The quantitative estimate of drug-likeness (QED) is 0.806. The van der Waals surface area contributed by atoms with Crippen LogP contribution in [0.15, 0.2) is 18.2 Å². The number of amides is 2. The van der Waals surface area contributed by atoms with E-state index < -0.39 is 5.41 Å². The van der Waals surface area contributed by atoms with Gasteiger partial charge in [-0.1, -0.05) is 37.3 Å². The Kier molecular flexibility index (Phi) is 3.66. The smallest absolute Gasteiger partial charge is 0.240 e. The van der Waals surface area contributed by atoms with E-state index in [1.165, 1.54) is 17.0 Å². The molecule has 21 heavy (non-hydrogen) atoms. The largest absolute Gasteiger partial charge is 0.506 e. The molecule has 2 fully saturated rings. The lowest BCUT2D eigenvalue weighted by Gasteiger charge is -2.25. The molecule has 1 heterocycles. The number of rotatable bonds is 1. The number of hydrogen-bond donors (Lipinski definition) is 1. The number of carbonyl (C=O) groups excluding carboxylic acids is 2. The molecule has 0 atom stereocenters. The Bertz CT molecular complexity index is 591. The molecule has 1 N–H and O–H groups in total. The summed E-state index contributed by atoms with van der Waals surface area (Å²) < 4.78 is 0. The van der Waals surface area contributed by atoms with Crippen LogP contribution >= 0.6 is 11.6 Å². The third kappa shape index (κ3) is 2.42. The van der Waals surface area contributed by atoms with Crippen LogP contribution in [0.3, 0.4) is 0 Å². The molecule has 2 aliphatic rings. The maximum absolute atomic E-state index is 12.8. The minimum atomic E-state index is -0.525. The van der Waals surface area contributed by atoms with Crippen molar-refractivity contribution in [1.29, 1.82) is 0 Å². The lowest BCUT2D eigenvalue weighted by atomic mass is 9.79. The summed E-state index contributed by atoms with van der Waals surface area (Å²) in [5.41, 5.74) is -0.115. The average molecular weight is 308 g/mol. The molecule has 1 saturated carbocycles. The van der Waals surface area contributed by atoms with Gasteiger partial charge in [-0.2, -0.15) is 0 Å². The number of carbonyl (C=O) groups is 2.